The van der Waals surface area contributed by atoms with E-state index in [2.05, 4.69) is 20.4 Å². The molecule has 0 spiro atoms. The predicted molar refractivity (Wildman–Crippen MR) is 135 cm³/mol. The first-order valence-corrected chi connectivity index (χ1v) is 13.0. The fourth-order valence-corrected chi connectivity index (χ4v) is 5.62. The molecule has 1 aliphatic heterocycles. The first-order valence-electron chi connectivity index (χ1n) is 11.8. The van der Waals surface area contributed by atoms with Gasteiger partial charge < -0.3 is 19.3 Å². The van der Waals surface area contributed by atoms with Crippen LogP contribution in [-0.2, 0) is 20.4 Å². The lowest BCUT2D eigenvalue weighted by Crippen LogP contribution is -2.56. The second kappa shape index (κ2) is 10.9. The first-order chi connectivity index (χ1) is 18.6. The molecule has 1 fully saturated rings. The molecule has 10 nitrogen and oxygen atoms in total. The molecule has 4 aromatic rings. The van der Waals surface area contributed by atoms with E-state index in [0.29, 0.717) is 10.7 Å². The van der Waals surface area contributed by atoms with Crippen LogP contribution in [0.25, 0.3) is 16.4 Å². The number of thiazole rings is 1. The third-order valence-corrected chi connectivity index (χ3v) is 7.57. The lowest BCUT2D eigenvalue weighted by atomic mass is 9.88. The van der Waals surface area contributed by atoms with Gasteiger partial charge in [-0.3, -0.25) is 0 Å². The van der Waals surface area contributed by atoms with E-state index in [4.69, 9.17) is 25.8 Å². The van der Waals surface area contributed by atoms with Crippen molar-refractivity contribution in [3.8, 4) is 16.4 Å². The molecule has 1 saturated heterocycles. The zero-order valence-electron chi connectivity index (χ0n) is 20.9. The van der Waals surface area contributed by atoms with Gasteiger partial charge in [0.2, 0.25) is 0 Å². The third-order valence-electron chi connectivity index (χ3n) is 6.54. The third kappa shape index (κ3) is 5.19. The van der Waals surface area contributed by atoms with Gasteiger partial charge in [0.25, 0.3) is 0 Å². The van der Waals surface area contributed by atoms with E-state index in [1.54, 1.807) is 17.1 Å². The van der Waals surface area contributed by atoms with E-state index >= 15 is 0 Å². The van der Waals surface area contributed by atoms with Crippen LogP contribution in [0.5, 0.6) is 0 Å². The Labute approximate surface area is 229 Å². The van der Waals surface area contributed by atoms with Crippen molar-refractivity contribution in [3.63, 3.8) is 0 Å². The average Bonchev–Trinajstić information content (AvgIpc) is 3.67. The summed E-state index contributed by atoms with van der Waals surface area (Å²) in [6, 6.07) is 4.08. The number of nitrogens with zero attached hydrogens (tertiary/aromatic N) is 6. The normalized spacial score (nSPS) is 24.7. The van der Waals surface area contributed by atoms with Gasteiger partial charge in [0, 0.05) is 37.0 Å². The summed E-state index contributed by atoms with van der Waals surface area (Å²) in [5.74, 6) is 0. The minimum atomic E-state index is -4.67. The van der Waals surface area contributed by atoms with E-state index < -0.39 is 48.3 Å². The molecule has 5 rings (SSSR count). The molecule has 0 bridgehead atoms. The fourth-order valence-electron chi connectivity index (χ4n) is 4.87. The van der Waals surface area contributed by atoms with Crippen LogP contribution in [0.2, 0.25) is 5.02 Å². The maximum atomic E-state index is 13.9. The Hall–Kier alpha value is -2.88. The van der Waals surface area contributed by atoms with Gasteiger partial charge in [0.05, 0.1) is 29.2 Å². The Morgan fingerprint density at radius 2 is 1.92 bits per heavy atom. The Bertz CT molecular complexity index is 1410. The number of rotatable bonds is 7. The van der Waals surface area contributed by atoms with Crippen molar-refractivity contribution in [2.24, 2.45) is 0 Å². The molecule has 208 valence electrons. The van der Waals surface area contributed by atoms with Gasteiger partial charge in [-0.25, -0.2) is 14.3 Å². The Balaban J connectivity index is 1.63. The summed E-state index contributed by atoms with van der Waals surface area (Å²) in [4.78, 5) is 4.26. The van der Waals surface area contributed by atoms with Crippen LogP contribution in [0.1, 0.15) is 30.3 Å². The smallest absolute Gasteiger partial charge is 0.391 e. The van der Waals surface area contributed by atoms with E-state index in [9.17, 15) is 18.3 Å². The molecule has 0 aliphatic carbocycles. The SMILES string of the molecule is COC1C(n2cc(-c3nccs3)nn2)[C@@H](OC)C(C(C)O)O[C@H]1c1ccnn1-c1cc(Cl)ccc1C(F)(F)F. The number of aliphatic hydroxyl groups is 1. The zero-order valence-corrected chi connectivity index (χ0v) is 22.4. The highest BCUT2D eigenvalue weighted by atomic mass is 35.5. The fraction of sp³-hybridized carbons (Fsp3) is 0.417. The van der Waals surface area contributed by atoms with Gasteiger partial charge in [-0.05, 0) is 31.2 Å². The van der Waals surface area contributed by atoms with Crippen molar-refractivity contribution in [3.05, 3.63) is 64.5 Å². The molecule has 0 saturated carbocycles. The van der Waals surface area contributed by atoms with Gasteiger partial charge in [0.1, 0.15) is 41.2 Å². The summed E-state index contributed by atoms with van der Waals surface area (Å²) < 4.78 is 62.5. The van der Waals surface area contributed by atoms with Gasteiger partial charge in [0.15, 0.2) is 0 Å². The minimum Gasteiger partial charge on any atom is -0.391 e. The van der Waals surface area contributed by atoms with Crippen molar-refractivity contribution in [1.29, 1.82) is 0 Å². The molecule has 39 heavy (non-hydrogen) atoms. The van der Waals surface area contributed by atoms with Crippen molar-refractivity contribution in [2.75, 3.05) is 14.2 Å². The largest absolute Gasteiger partial charge is 0.418 e. The van der Waals surface area contributed by atoms with Gasteiger partial charge >= 0.3 is 6.18 Å². The number of halogens is 4. The quantitative estimate of drug-likeness (QED) is 0.341. The number of ether oxygens (including phenoxy) is 3. The molecule has 4 unspecified atom stereocenters. The predicted octanol–water partition coefficient (Wildman–Crippen LogP) is 4.35. The first kappa shape index (κ1) is 27.7. The molecular formula is C24H24ClF3N6O4S. The second-order valence-corrected chi connectivity index (χ2v) is 10.2. The van der Waals surface area contributed by atoms with Gasteiger partial charge in [-0.15, -0.1) is 16.4 Å². The van der Waals surface area contributed by atoms with Crippen molar-refractivity contribution < 1.29 is 32.5 Å². The maximum absolute atomic E-state index is 13.9. The number of aliphatic hydroxyl groups excluding tert-OH is 1. The number of hydrogen-bond donors (Lipinski definition) is 1. The van der Waals surface area contributed by atoms with Crippen LogP contribution in [0.4, 0.5) is 13.2 Å². The molecule has 0 radical (unpaired) electrons. The molecule has 4 heterocycles. The maximum Gasteiger partial charge on any atom is 0.418 e. The van der Waals surface area contributed by atoms with E-state index in [-0.39, 0.29) is 16.4 Å². The highest BCUT2D eigenvalue weighted by Crippen LogP contribution is 2.43. The van der Waals surface area contributed by atoms with Crippen LogP contribution in [0, 0.1) is 0 Å². The lowest BCUT2D eigenvalue weighted by molar-refractivity contribution is -0.235. The standard InChI is InChI=1S/C24H24ClF3N6O4S/c1-12(35)19-21(36-2)18(33-11-15(31-32-33)23-29-8-9-39-23)22(37-3)20(38-19)16-6-7-30-34(16)17-10-13(25)4-5-14(17)24(26,27)28/h4-12,18-22,35H,1-3H3/t12?,18?,19?,20-,21+,22?/m0/s1. The number of alkyl halides is 3. The van der Waals surface area contributed by atoms with E-state index in [0.717, 1.165) is 10.7 Å². The van der Waals surface area contributed by atoms with E-state index in [1.807, 2.05) is 5.38 Å². The topological polar surface area (TPSA) is 109 Å². The van der Waals surface area contributed by atoms with Crippen LogP contribution in [0.3, 0.4) is 0 Å². The average molecular weight is 585 g/mol. The zero-order chi connectivity index (χ0) is 27.9. The number of hydrogen-bond acceptors (Lipinski definition) is 9. The molecule has 1 N–H and O–H groups in total. The van der Waals surface area contributed by atoms with Crippen molar-refractivity contribution in [1.82, 2.24) is 29.8 Å². The molecule has 15 heteroatoms. The Kier molecular flexibility index (Phi) is 7.77. The number of methoxy groups -OCH3 is 2. The summed E-state index contributed by atoms with van der Waals surface area (Å²) in [5, 5.41) is 25.9. The summed E-state index contributed by atoms with van der Waals surface area (Å²) in [6.07, 6.45) is -4.52. The molecule has 1 aromatic carbocycles. The lowest BCUT2D eigenvalue weighted by Gasteiger charge is -2.46. The minimum absolute atomic E-state index is 0.101. The molecule has 1 aliphatic rings. The Morgan fingerprint density at radius 1 is 1.15 bits per heavy atom. The van der Waals surface area contributed by atoms with Crippen LogP contribution in [-0.4, -0.2) is 73.5 Å². The van der Waals surface area contributed by atoms with Gasteiger partial charge in [-0.2, -0.15) is 18.3 Å². The number of aromatic nitrogens is 6. The van der Waals surface area contributed by atoms with Crippen molar-refractivity contribution >= 4 is 22.9 Å². The summed E-state index contributed by atoms with van der Waals surface area (Å²) in [5.41, 5.74) is -0.436. The Morgan fingerprint density at radius 3 is 2.56 bits per heavy atom. The number of benzene rings is 1. The molecule has 0 amide bonds. The highest BCUT2D eigenvalue weighted by molar-refractivity contribution is 7.13. The van der Waals surface area contributed by atoms with Gasteiger partial charge in [-0.1, -0.05) is 16.8 Å². The second-order valence-electron chi connectivity index (χ2n) is 8.90. The van der Waals surface area contributed by atoms with Crippen LogP contribution in [0.15, 0.2) is 48.2 Å². The molecular weight excluding hydrogens is 561 g/mol. The van der Waals surface area contributed by atoms with Crippen LogP contribution < -0.4 is 0 Å². The summed E-state index contributed by atoms with van der Waals surface area (Å²) >= 11 is 7.48. The monoisotopic (exact) mass is 584 g/mol. The highest BCUT2D eigenvalue weighted by Gasteiger charge is 2.51. The van der Waals surface area contributed by atoms with Crippen molar-refractivity contribution in [2.45, 2.75) is 49.7 Å². The van der Waals surface area contributed by atoms with E-state index in [1.165, 1.54) is 56.9 Å². The summed E-state index contributed by atoms with van der Waals surface area (Å²) in [7, 11) is 2.91. The van der Waals surface area contributed by atoms with Crippen LogP contribution >= 0.6 is 22.9 Å². The summed E-state index contributed by atoms with van der Waals surface area (Å²) in [6.45, 7) is 1.54. The molecule has 6 atom stereocenters. The molecule has 3 aromatic heterocycles.